The van der Waals surface area contributed by atoms with Crippen molar-refractivity contribution in [3.8, 4) is 0 Å². The second kappa shape index (κ2) is 6.97. The smallest absolute Gasteiger partial charge is 0.396 e. The fourth-order valence-electron chi connectivity index (χ4n) is 5.47. The van der Waals surface area contributed by atoms with Crippen LogP contribution in [0, 0.1) is 17.8 Å². The van der Waals surface area contributed by atoms with Gasteiger partial charge in [0, 0.05) is 11.1 Å². The molecule has 4 heteroatoms. The first-order valence-electron chi connectivity index (χ1n) is 10.5. The first-order chi connectivity index (χ1) is 12.9. The van der Waals surface area contributed by atoms with Crippen LogP contribution >= 0.6 is 0 Å². The summed E-state index contributed by atoms with van der Waals surface area (Å²) >= 11 is 0. The Morgan fingerprint density at radius 2 is 1.85 bits per heavy atom. The lowest BCUT2D eigenvalue weighted by molar-refractivity contribution is -0.902. The molecular weight excluding hydrogens is 338 g/mol. The van der Waals surface area contributed by atoms with E-state index in [1.54, 1.807) is 0 Å². The molecule has 1 aromatic carbocycles. The van der Waals surface area contributed by atoms with Crippen molar-refractivity contribution in [3.05, 3.63) is 46.8 Å². The maximum Gasteiger partial charge on any atom is 0.396 e. The van der Waals surface area contributed by atoms with E-state index in [1.807, 2.05) is 0 Å². The Bertz CT molecular complexity index is 742. The molecule has 146 valence electrons. The third-order valence-electron chi connectivity index (χ3n) is 7.00. The lowest BCUT2D eigenvalue weighted by Crippen LogP contribution is -2.44. The van der Waals surface area contributed by atoms with Crippen molar-refractivity contribution in [3.63, 3.8) is 0 Å². The van der Waals surface area contributed by atoms with E-state index in [0.29, 0.717) is 34.4 Å². The molecule has 0 bridgehead atoms. The van der Waals surface area contributed by atoms with Crippen LogP contribution in [-0.4, -0.2) is 28.2 Å². The second-order valence-electron chi connectivity index (χ2n) is 9.27. The number of hydrogen-bond donors (Lipinski definition) is 1. The first kappa shape index (κ1) is 18.5. The van der Waals surface area contributed by atoms with E-state index in [0.717, 1.165) is 32.5 Å². The van der Waals surface area contributed by atoms with Crippen molar-refractivity contribution in [1.29, 1.82) is 0 Å². The molecule has 0 radical (unpaired) electrons. The summed E-state index contributed by atoms with van der Waals surface area (Å²) in [6, 6.07) is 8.38. The SMILES string of the molecule is CC(C)[C@@H]1CC[C@@H](C)C[C@H]1OC(=O)C1=C(O)CC[N+]12Cc1ccccc1C2. The third-order valence-corrected chi connectivity index (χ3v) is 7.00. The van der Waals surface area contributed by atoms with Crippen molar-refractivity contribution in [2.24, 2.45) is 17.8 Å². The largest absolute Gasteiger partial charge is 0.506 e. The van der Waals surface area contributed by atoms with Gasteiger partial charge in [-0.1, -0.05) is 51.5 Å². The molecule has 2 aliphatic heterocycles. The highest BCUT2D eigenvalue weighted by molar-refractivity contribution is 5.87. The van der Waals surface area contributed by atoms with Gasteiger partial charge in [-0.25, -0.2) is 4.79 Å². The summed E-state index contributed by atoms with van der Waals surface area (Å²) in [5.74, 6) is 1.45. The quantitative estimate of drug-likeness (QED) is 0.620. The fourth-order valence-corrected chi connectivity index (χ4v) is 5.47. The number of benzene rings is 1. The number of esters is 1. The molecule has 3 aliphatic rings. The second-order valence-corrected chi connectivity index (χ2v) is 9.27. The maximum absolute atomic E-state index is 13.3. The highest BCUT2D eigenvalue weighted by Gasteiger charge is 2.50. The van der Waals surface area contributed by atoms with Gasteiger partial charge in [0.1, 0.15) is 19.2 Å². The zero-order valence-electron chi connectivity index (χ0n) is 16.8. The summed E-state index contributed by atoms with van der Waals surface area (Å²) in [6.07, 6.45) is 3.79. The molecule has 0 amide bonds. The lowest BCUT2D eigenvalue weighted by Gasteiger charge is -2.37. The molecule has 1 spiro atoms. The predicted molar refractivity (Wildman–Crippen MR) is 104 cm³/mol. The minimum Gasteiger partial charge on any atom is -0.506 e. The van der Waals surface area contributed by atoms with Gasteiger partial charge in [-0.15, -0.1) is 0 Å². The molecule has 1 aromatic rings. The Hall–Kier alpha value is -1.81. The first-order valence-corrected chi connectivity index (χ1v) is 10.5. The minimum absolute atomic E-state index is 0.0350. The topological polar surface area (TPSA) is 46.5 Å². The average molecular weight is 371 g/mol. The highest BCUT2D eigenvalue weighted by Crippen LogP contribution is 2.42. The Kier molecular flexibility index (Phi) is 4.79. The highest BCUT2D eigenvalue weighted by atomic mass is 16.5. The summed E-state index contributed by atoms with van der Waals surface area (Å²) in [5, 5.41) is 10.6. The van der Waals surface area contributed by atoms with Crippen LogP contribution in [0.25, 0.3) is 0 Å². The third kappa shape index (κ3) is 3.29. The molecule has 1 aliphatic carbocycles. The number of quaternary nitrogens is 1. The molecule has 0 saturated heterocycles. The number of fused-ring (bicyclic) bond motifs is 1. The molecule has 0 aromatic heterocycles. The van der Waals surface area contributed by atoms with Crippen LogP contribution in [0.3, 0.4) is 0 Å². The molecule has 1 N–H and O–H groups in total. The van der Waals surface area contributed by atoms with E-state index in [2.05, 4.69) is 45.0 Å². The Morgan fingerprint density at radius 3 is 2.48 bits per heavy atom. The van der Waals surface area contributed by atoms with E-state index in [1.165, 1.54) is 17.5 Å². The average Bonchev–Trinajstić information content (AvgIpc) is 3.14. The number of hydrogen-bond acceptors (Lipinski definition) is 3. The summed E-state index contributed by atoms with van der Waals surface area (Å²) in [7, 11) is 0. The van der Waals surface area contributed by atoms with Gasteiger partial charge >= 0.3 is 5.97 Å². The van der Waals surface area contributed by atoms with E-state index in [9.17, 15) is 9.90 Å². The van der Waals surface area contributed by atoms with Crippen LogP contribution in [0.1, 0.15) is 57.6 Å². The molecule has 1 saturated carbocycles. The van der Waals surface area contributed by atoms with Crippen LogP contribution in [0.2, 0.25) is 0 Å². The lowest BCUT2D eigenvalue weighted by atomic mass is 9.75. The van der Waals surface area contributed by atoms with Crippen molar-refractivity contribution >= 4 is 5.97 Å². The minimum atomic E-state index is -0.289. The summed E-state index contributed by atoms with van der Waals surface area (Å²) < 4.78 is 6.63. The summed E-state index contributed by atoms with van der Waals surface area (Å²) in [6.45, 7) is 9.02. The van der Waals surface area contributed by atoms with Crippen LogP contribution in [0.5, 0.6) is 0 Å². The van der Waals surface area contributed by atoms with Gasteiger partial charge in [-0.3, -0.25) is 4.48 Å². The van der Waals surface area contributed by atoms with E-state index >= 15 is 0 Å². The van der Waals surface area contributed by atoms with Gasteiger partial charge in [-0.2, -0.15) is 0 Å². The van der Waals surface area contributed by atoms with E-state index < -0.39 is 0 Å². The zero-order chi connectivity index (χ0) is 19.2. The number of rotatable bonds is 3. The number of nitrogens with zero attached hydrogens (tertiary/aromatic N) is 1. The van der Waals surface area contributed by atoms with Crippen LogP contribution in [-0.2, 0) is 22.6 Å². The van der Waals surface area contributed by atoms with Crippen molar-refractivity contribution in [2.45, 2.75) is 65.6 Å². The van der Waals surface area contributed by atoms with Crippen molar-refractivity contribution in [2.75, 3.05) is 6.54 Å². The van der Waals surface area contributed by atoms with Gasteiger partial charge in [0.2, 0.25) is 0 Å². The number of carbonyl (C=O) groups is 1. The number of aliphatic hydroxyl groups excluding tert-OH is 1. The summed E-state index contributed by atoms with van der Waals surface area (Å²) in [5.41, 5.74) is 3.07. The van der Waals surface area contributed by atoms with Gasteiger partial charge in [0.25, 0.3) is 5.70 Å². The molecule has 0 unspecified atom stereocenters. The normalized spacial score (nSPS) is 29.4. The number of carbonyl (C=O) groups excluding carboxylic acids is 1. The van der Waals surface area contributed by atoms with Crippen LogP contribution in [0.15, 0.2) is 35.7 Å². The molecule has 4 rings (SSSR count). The zero-order valence-corrected chi connectivity index (χ0v) is 16.8. The predicted octanol–water partition coefficient (Wildman–Crippen LogP) is 4.69. The molecule has 27 heavy (non-hydrogen) atoms. The molecular formula is C23H32NO3+. The number of ether oxygens (including phenoxy) is 1. The van der Waals surface area contributed by atoms with Gasteiger partial charge in [0.05, 0.1) is 13.0 Å². The maximum atomic E-state index is 13.3. The van der Waals surface area contributed by atoms with Crippen molar-refractivity contribution < 1.29 is 19.1 Å². The van der Waals surface area contributed by atoms with E-state index in [4.69, 9.17) is 4.74 Å². The summed E-state index contributed by atoms with van der Waals surface area (Å²) in [4.78, 5) is 13.3. The molecule has 1 fully saturated rings. The van der Waals surface area contributed by atoms with Gasteiger partial charge in [-0.05, 0) is 30.6 Å². The molecule has 2 heterocycles. The van der Waals surface area contributed by atoms with Crippen LogP contribution in [0.4, 0.5) is 0 Å². The van der Waals surface area contributed by atoms with Gasteiger partial charge in [0.15, 0.2) is 5.76 Å². The fraction of sp³-hybridized carbons (Fsp3) is 0.609. The molecule has 4 nitrogen and oxygen atoms in total. The van der Waals surface area contributed by atoms with E-state index in [-0.39, 0.29) is 17.8 Å². The Balaban J connectivity index is 1.56. The monoisotopic (exact) mass is 370 g/mol. The van der Waals surface area contributed by atoms with Gasteiger partial charge < -0.3 is 9.84 Å². The van der Waals surface area contributed by atoms with Crippen LogP contribution < -0.4 is 0 Å². The van der Waals surface area contributed by atoms with Crippen molar-refractivity contribution in [1.82, 2.24) is 0 Å². The molecule has 3 atom stereocenters. The number of aliphatic hydroxyl groups is 1. The standard InChI is InChI=1S/C23H31NO3/c1-15(2)19-9-8-16(3)12-21(19)27-23(26)22-20(25)10-11-24(22)13-17-6-4-5-7-18(17)14-24/h4-7,15-16,19,21H,8-14H2,1-3H3/p+1/t16-,19+,21-/m1/s1. The Morgan fingerprint density at radius 1 is 1.19 bits per heavy atom. The Labute approximate surface area is 162 Å².